The van der Waals surface area contributed by atoms with Crippen molar-refractivity contribution >= 4 is 31.9 Å². The first kappa shape index (κ1) is 14.0. The average Bonchev–Trinajstić information content (AvgIpc) is 2.46. The van der Waals surface area contributed by atoms with Crippen molar-refractivity contribution in [3.8, 4) is 11.8 Å². The van der Waals surface area contributed by atoms with Gasteiger partial charge in [0.05, 0.1) is 0 Å². The quantitative estimate of drug-likeness (QED) is 0.746. The van der Waals surface area contributed by atoms with Crippen molar-refractivity contribution in [1.29, 1.82) is 5.26 Å². The maximum Gasteiger partial charge on any atom is 0.147 e. The minimum atomic E-state index is 0.332. The average molecular weight is 382 g/mol. The van der Waals surface area contributed by atoms with Crippen molar-refractivity contribution in [2.24, 2.45) is 0 Å². The number of hydrogen-bond acceptors (Lipinski definition) is 3. The Morgan fingerprint density at radius 1 is 1.26 bits per heavy atom. The van der Waals surface area contributed by atoms with E-state index in [1.165, 1.54) is 0 Å². The van der Waals surface area contributed by atoms with E-state index in [1.54, 1.807) is 12.3 Å². The fourth-order valence-electron chi connectivity index (χ4n) is 1.60. The van der Waals surface area contributed by atoms with Crippen LogP contribution in [0.2, 0.25) is 0 Å². The Morgan fingerprint density at radius 2 is 2.11 bits per heavy atom. The summed E-state index contributed by atoms with van der Waals surface area (Å²) in [5.41, 5.74) is 2.24. The predicted molar refractivity (Wildman–Crippen MR) is 80.1 cm³/mol. The number of nitriles is 1. The third-order valence-corrected chi connectivity index (χ3v) is 3.64. The Kier molecular flexibility index (Phi) is 4.94. The molecule has 19 heavy (non-hydrogen) atoms. The number of benzene rings is 1. The molecule has 0 amide bonds. The summed E-state index contributed by atoms with van der Waals surface area (Å²) in [5, 5.41) is 9.68. The van der Waals surface area contributed by atoms with E-state index in [0.29, 0.717) is 17.6 Å². The molecule has 0 unspecified atom stereocenters. The molecule has 0 aliphatic heterocycles. The molecular formula is C14H10Br2N2O. The first-order valence-corrected chi connectivity index (χ1v) is 7.47. The van der Waals surface area contributed by atoms with Gasteiger partial charge in [-0.05, 0) is 24.3 Å². The van der Waals surface area contributed by atoms with Gasteiger partial charge < -0.3 is 4.74 Å². The molecular weight excluding hydrogens is 372 g/mol. The zero-order valence-corrected chi connectivity index (χ0v) is 13.1. The van der Waals surface area contributed by atoms with E-state index in [-0.39, 0.29) is 0 Å². The fourth-order valence-corrected chi connectivity index (χ4v) is 2.45. The monoisotopic (exact) mass is 380 g/mol. The molecule has 0 radical (unpaired) electrons. The van der Waals surface area contributed by atoms with Crippen LogP contribution in [0.4, 0.5) is 0 Å². The largest absolute Gasteiger partial charge is 0.488 e. The molecule has 0 saturated carbocycles. The molecule has 0 fully saturated rings. The maximum atomic E-state index is 8.97. The van der Waals surface area contributed by atoms with Gasteiger partial charge in [0, 0.05) is 27.1 Å². The van der Waals surface area contributed by atoms with E-state index in [4.69, 9.17) is 10.00 Å². The van der Waals surface area contributed by atoms with Crippen LogP contribution < -0.4 is 4.74 Å². The molecule has 0 atom stereocenters. The second-order valence-electron chi connectivity index (χ2n) is 3.80. The molecule has 3 nitrogen and oxygen atoms in total. The fraction of sp³-hybridized carbons (Fsp3) is 0.143. The summed E-state index contributed by atoms with van der Waals surface area (Å²) < 4.78 is 6.78. The van der Waals surface area contributed by atoms with Crippen molar-refractivity contribution in [2.45, 2.75) is 11.9 Å². The number of nitrogens with zero attached hydrogens (tertiary/aromatic N) is 2. The van der Waals surface area contributed by atoms with E-state index in [9.17, 15) is 0 Å². The highest BCUT2D eigenvalue weighted by Crippen LogP contribution is 2.26. The van der Waals surface area contributed by atoms with Crippen LogP contribution in [0.1, 0.15) is 16.8 Å². The van der Waals surface area contributed by atoms with Crippen molar-refractivity contribution in [2.75, 3.05) is 0 Å². The van der Waals surface area contributed by atoms with Gasteiger partial charge in [0.1, 0.15) is 24.1 Å². The van der Waals surface area contributed by atoms with Crippen molar-refractivity contribution in [3.05, 3.63) is 57.8 Å². The third kappa shape index (κ3) is 3.55. The number of hydrogen-bond donors (Lipinski definition) is 0. The van der Waals surface area contributed by atoms with Gasteiger partial charge in [-0.25, -0.2) is 4.98 Å². The van der Waals surface area contributed by atoms with Gasteiger partial charge in [-0.3, -0.25) is 0 Å². The van der Waals surface area contributed by atoms with Crippen LogP contribution in [0.25, 0.3) is 0 Å². The third-order valence-electron chi connectivity index (χ3n) is 2.55. The predicted octanol–water partition coefficient (Wildman–Crippen LogP) is 4.19. The Labute approximate surface area is 128 Å². The lowest BCUT2D eigenvalue weighted by Crippen LogP contribution is -2.01. The molecule has 1 aromatic carbocycles. The topological polar surface area (TPSA) is 45.9 Å². The van der Waals surface area contributed by atoms with E-state index in [1.807, 2.05) is 24.3 Å². The molecule has 1 aromatic heterocycles. The summed E-state index contributed by atoms with van der Waals surface area (Å²) in [6, 6.07) is 11.5. The van der Waals surface area contributed by atoms with Crippen LogP contribution in [0.15, 0.2) is 41.0 Å². The molecule has 0 N–H and O–H groups in total. The lowest BCUT2D eigenvalue weighted by Gasteiger charge is -2.11. The van der Waals surface area contributed by atoms with Crippen LogP contribution in [0, 0.1) is 11.3 Å². The van der Waals surface area contributed by atoms with Gasteiger partial charge in [-0.1, -0.05) is 37.9 Å². The van der Waals surface area contributed by atoms with Crippen LogP contribution in [-0.2, 0) is 11.9 Å². The van der Waals surface area contributed by atoms with Crippen LogP contribution in [-0.4, -0.2) is 4.98 Å². The first-order valence-electron chi connectivity index (χ1n) is 5.55. The van der Waals surface area contributed by atoms with Crippen molar-refractivity contribution < 1.29 is 4.74 Å². The Morgan fingerprint density at radius 3 is 2.84 bits per heavy atom. The summed E-state index contributed by atoms with van der Waals surface area (Å²) in [4.78, 5) is 4.01. The zero-order valence-electron chi connectivity index (χ0n) is 9.94. The number of ether oxygens (including phenoxy) is 1. The summed E-state index contributed by atoms with van der Waals surface area (Å²) in [7, 11) is 0. The lowest BCUT2D eigenvalue weighted by molar-refractivity contribution is 0.303. The van der Waals surface area contributed by atoms with E-state index in [2.05, 4.69) is 42.9 Å². The zero-order chi connectivity index (χ0) is 13.7. The molecule has 0 aliphatic rings. The molecule has 96 valence electrons. The molecule has 0 saturated heterocycles. The van der Waals surface area contributed by atoms with Gasteiger partial charge in [-0.15, -0.1) is 0 Å². The minimum Gasteiger partial charge on any atom is -0.488 e. The van der Waals surface area contributed by atoms with Gasteiger partial charge >= 0.3 is 0 Å². The molecule has 2 rings (SSSR count). The van der Waals surface area contributed by atoms with Gasteiger partial charge in [-0.2, -0.15) is 5.26 Å². The van der Waals surface area contributed by atoms with Crippen LogP contribution in [0.5, 0.6) is 5.75 Å². The summed E-state index contributed by atoms with van der Waals surface area (Å²) in [5.74, 6) is 0.799. The van der Waals surface area contributed by atoms with E-state index in [0.717, 1.165) is 21.3 Å². The van der Waals surface area contributed by atoms with Gasteiger partial charge in [0.15, 0.2) is 0 Å². The number of aromatic nitrogens is 1. The van der Waals surface area contributed by atoms with Gasteiger partial charge in [0.2, 0.25) is 0 Å². The van der Waals surface area contributed by atoms with Crippen LogP contribution in [0.3, 0.4) is 0 Å². The SMILES string of the molecule is N#Cc1ncccc1COc1ccc(Br)cc1CBr. The van der Waals surface area contributed by atoms with E-state index >= 15 is 0 Å². The smallest absolute Gasteiger partial charge is 0.147 e. The van der Waals surface area contributed by atoms with Crippen molar-refractivity contribution in [3.63, 3.8) is 0 Å². The molecule has 0 aliphatic carbocycles. The second kappa shape index (κ2) is 6.69. The molecule has 2 aromatic rings. The summed E-state index contributed by atoms with van der Waals surface area (Å²) >= 11 is 6.86. The maximum absolute atomic E-state index is 8.97. The van der Waals surface area contributed by atoms with Gasteiger partial charge in [0.25, 0.3) is 0 Å². The number of pyridine rings is 1. The highest BCUT2D eigenvalue weighted by atomic mass is 79.9. The Bertz CT molecular complexity index is 623. The summed E-state index contributed by atoms with van der Waals surface area (Å²) in [6.45, 7) is 0.332. The molecule has 1 heterocycles. The normalized spacial score (nSPS) is 9.95. The molecule has 0 spiro atoms. The number of halogens is 2. The minimum absolute atomic E-state index is 0.332. The van der Waals surface area contributed by atoms with Crippen molar-refractivity contribution in [1.82, 2.24) is 4.98 Å². The summed E-state index contributed by atoms with van der Waals surface area (Å²) in [6.07, 6.45) is 1.60. The highest BCUT2D eigenvalue weighted by Gasteiger charge is 2.06. The standard InChI is InChI=1S/C14H10Br2N2O/c15-7-11-6-12(16)3-4-14(11)19-9-10-2-1-5-18-13(10)8-17/h1-6H,7,9H2. The van der Waals surface area contributed by atoms with Crippen LogP contribution >= 0.6 is 31.9 Å². The number of alkyl halides is 1. The van der Waals surface area contributed by atoms with E-state index < -0.39 is 0 Å². The molecule has 5 heteroatoms. The number of rotatable bonds is 4. The lowest BCUT2D eigenvalue weighted by atomic mass is 10.2. The Balaban J connectivity index is 2.17. The Hall–Kier alpha value is -1.38. The highest BCUT2D eigenvalue weighted by molar-refractivity contribution is 9.10. The second-order valence-corrected chi connectivity index (χ2v) is 5.27. The first-order chi connectivity index (χ1) is 9.24. The molecule has 0 bridgehead atoms.